The van der Waals surface area contributed by atoms with Crippen LogP contribution < -0.4 is 5.32 Å². The molecule has 1 aromatic heterocycles. The number of carbonyl (C=O) groups excluding carboxylic acids is 1. The highest BCUT2D eigenvalue weighted by molar-refractivity contribution is 5.69. The summed E-state index contributed by atoms with van der Waals surface area (Å²) < 4.78 is 4.79. The Morgan fingerprint density at radius 2 is 2.50 bits per heavy atom. The van der Waals surface area contributed by atoms with E-state index in [0.717, 1.165) is 0 Å². The van der Waals surface area contributed by atoms with Crippen molar-refractivity contribution in [3.63, 3.8) is 0 Å². The van der Waals surface area contributed by atoms with Gasteiger partial charge in [0.05, 0.1) is 12.6 Å². The third-order valence-corrected chi connectivity index (χ3v) is 1.79. The molecule has 1 aliphatic rings. The second-order valence-electron chi connectivity index (χ2n) is 2.71. The maximum absolute atomic E-state index is 10.7. The Morgan fingerprint density at radius 1 is 1.71 bits per heavy atom. The van der Waals surface area contributed by atoms with Gasteiger partial charge in [-0.3, -0.25) is 0 Å². The summed E-state index contributed by atoms with van der Waals surface area (Å²) in [5, 5.41) is 18.6. The van der Waals surface area contributed by atoms with Crippen LogP contribution in [0.1, 0.15) is 11.8 Å². The van der Waals surface area contributed by atoms with Crippen LogP contribution in [0.15, 0.2) is 6.07 Å². The molecule has 8 heteroatoms. The molecule has 2 N–H and O–H groups in total. The second kappa shape index (κ2) is 2.98. The van der Waals surface area contributed by atoms with Crippen LogP contribution in [-0.2, 0) is 4.74 Å². The van der Waals surface area contributed by atoms with Crippen molar-refractivity contribution < 1.29 is 14.5 Å². The van der Waals surface area contributed by atoms with Crippen molar-refractivity contribution in [1.29, 1.82) is 0 Å². The number of hydrogen-bond donors (Lipinski definition) is 2. The van der Waals surface area contributed by atoms with Crippen LogP contribution in [0.4, 0.5) is 10.6 Å². The fourth-order valence-electron chi connectivity index (χ4n) is 1.14. The second-order valence-corrected chi connectivity index (χ2v) is 2.71. The van der Waals surface area contributed by atoms with Gasteiger partial charge in [0.15, 0.2) is 6.10 Å². The molecular weight excluding hydrogens is 192 g/mol. The smallest absolute Gasteiger partial charge is 0.408 e. The number of nitro groups is 1. The predicted octanol–water partition coefficient (Wildman–Crippen LogP) is 0.0988. The van der Waals surface area contributed by atoms with E-state index in [1.165, 1.54) is 6.07 Å². The zero-order valence-corrected chi connectivity index (χ0v) is 6.89. The number of hydrogen-bond acceptors (Lipinski definition) is 5. The molecule has 74 valence electrons. The Morgan fingerprint density at radius 3 is 3.00 bits per heavy atom. The summed E-state index contributed by atoms with van der Waals surface area (Å²) in [7, 11) is 0. The number of H-pyrrole nitrogens is 1. The number of ether oxygens (including phenoxy) is 1. The lowest BCUT2D eigenvalue weighted by Crippen LogP contribution is -2.12. The molecule has 14 heavy (non-hydrogen) atoms. The summed E-state index contributed by atoms with van der Waals surface area (Å²) in [6.45, 7) is 0.279. The Kier molecular flexibility index (Phi) is 1.80. The molecule has 0 saturated carbocycles. The van der Waals surface area contributed by atoms with E-state index in [2.05, 4.69) is 15.5 Å². The van der Waals surface area contributed by atoms with Crippen LogP contribution in [0.2, 0.25) is 0 Å². The highest BCUT2D eigenvalue weighted by atomic mass is 16.6. The van der Waals surface area contributed by atoms with Crippen LogP contribution in [0, 0.1) is 10.1 Å². The fourth-order valence-corrected chi connectivity index (χ4v) is 1.14. The summed E-state index contributed by atoms with van der Waals surface area (Å²) in [6, 6.07) is 1.24. The molecule has 0 bridgehead atoms. The van der Waals surface area contributed by atoms with Gasteiger partial charge in [-0.05, 0) is 4.92 Å². The lowest BCUT2D eigenvalue weighted by Gasteiger charge is -1.99. The van der Waals surface area contributed by atoms with Gasteiger partial charge in [-0.15, -0.1) is 5.10 Å². The first-order chi connectivity index (χ1) is 6.66. The molecule has 0 spiro atoms. The summed E-state index contributed by atoms with van der Waals surface area (Å²) in [5.74, 6) is -0.219. The van der Waals surface area contributed by atoms with Crippen molar-refractivity contribution in [2.75, 3.05) is 6.54 Å². The minimum absolute atomic E-state index is 0.219. The first kappa shape index (κ1) is 8.48. The van der Waals surface area contributed by atoms with Crippen molar-refractivity contribution in [2.45, 2.75) is 6.10 Å². The molecule has 1 fully saturated rings. The van der Waals surface area contributed by atoms with Gasteiger partial charge in [0, 0.05) is 0 Å². The Bertz CT molecular complexity index is 387. The fraction of sp³-hybridized carbons (Fsp3) is 0.333. The standard InChI is InChI=1S/C6H6N4O4/c11-6-7-2-4(14-6)3-1-5(9-8-3)10(12)13/h1,4H,2H2,(H,7,11)(H,8,9). The topological polar surface area (TPSA) is 110 Å². The number of amides is 1. The Balaban J connectivity index is 2.17. The molecule has 2 rings (SSSR count). The van der Waals surface area contributed by atoms with E-state index in [1.807, 2.05) is 0 Å². The molecule has 1 atom stereocenters. The average Bonchev–Trinajstić information content (AvgIpc) is 2.70. The van der Waals surface area contributed by atoms with Crippen LogP contribution >= 0.6 is 0 Å². The predicted molar refractivity (Wildman–Crippen MR) is 42.5 cm³/mol. The van der Waals surface area contributed by atoms with Gasteiger partial charge in [0.2, 0.25) is 0 Å². The third-order valence-electron chi connectivity index (χ3n) is 1.79. The zero-order chi connectivity index (χ0) is 10.1. The zero-order valence-electron chi connectivity index (χ0n) is 6.89. The summed E-state index contributed by atoms with van der Waals surface area (Å²) in [5.41, 5.74) is 0.343. The van der Waals surface area contributed by atoms with E-state index in [1.54, 1.807) is 0 Å². The summed E-state index contributed by atoms with van der Waals surface area (Å²) in [4.78, 5) is 20.4. The SMILES string of the molecule is O=C1NCC(c2cc([N+](=O)[O-])[nH]n2)O1. The lowest BCUT2D eigenvalue weighted by atomic mass is 10.2. The number of carbonyl (C=O) groups is 1. The van der Waals surface area contributed by atoms with E-state index < -0.39 is 17.1 Å². The van der Waals surface area contributed by atoms with Crippen LogP contribution in [0.5, 0.6) is 0 Å². The van der Waals surface area contributed by atoms with E-state index in [-0.39, 0.29) is 12.4 Å². The van der Waals surface area contributed by atoms with Gasteiger partial charge in [-0.1, -0.05) is 5.10 Å². The van der Waals surface area contributed by atoms with Crippen molar-refractivity contribution in [3.8, 4) is 0 Å². The number of nitrogens with zero attached hydrogens (tertiary/aromatic N) is 2. The molecule has 0 aliphatic carbocycles. The van der Waals surface area contributed by atoms with Gasteiger partial charge < -0.3 is 20.2 Å². The molecular formula is C6H6N4O4. The number of rotatable bonds is 2. The highest BCUT2D eigenvalue weighted by Crippen LogP contribution is 2.21. The van der Waals surface area contributed by atoms with Gasteiger partial charge in [-0.2, -0.15) is 0 Å². The minimum atomic E-state index is -0.597. The quantitative estimate of drug-likeness (QED) is 0.517. The Hall–Kier alpha value is -2.12. The number of aromatic amines is 1. The molecule has 1 saturated heterocycles. The highest BCUT2D eigenvalue weighted by Gasteiger charge is 2.28. The van der Waals surface area contributed by atoms with Crippen LogP contribution in [0.25, 0.3) is 0 Å². The minimum Gasteiger partial charge on any atom is -0.438 e. The molecule has 1 amide bonds. The molecule has 0 aromatic carbocycles. The van der Waals surface area contributed by atoms with Gasteiger partial charge >= 0.3 is 11.9 Å². The first-order valence-corrected chi connectivity index (χ1v) is 3.81. The maximum atomic E-state index is 10.7. The molecule has 2 heterocycles. The number of aromatic nitrogens is 2. The molecule has 0 radical (unpaired) electrons. The number of nitrogens with one attached hydrogen (secondary N) is 2. The van der Waals surface area contributed by atoms with Crippen LogP contribution in [0.3, 0.4) is 0 Å². The largest absolute Gasteiger partial charge is 0.438 e. The normalized spacial score (nSPS) is 20.3. The first-order valence-electron chi connectivity index (χ1n) is 3.81. The van der Waals surface area contributed by atoms with E-state index in [9.17, 15) is 14.9 Å². The summed E-state index contributed by atoms with van der Waals surface area (Å²) >= 11 is 0. The van der Waals surface area contributed by atoms with Gasteiger partial charge in [0.25, 0.3) is 0 Å². The van der Waals surface area contributed by atoms with Crippen molar-refractivity contribution in [3.05, 3.63) is 21.9 Å². The van der Waals surface area contributed by atoms with Crippen LogP contribution in [-0.4, -0.2) is 27.8 Å². The van der Waals surface area contributed by atoms with Gasteiger partial charge in [0.1, 0.15) is 5.69 Å². The lowest BCUT2D eigenvalue weighted by molar-refractivity contribution is -0.389. The number of alkyl carbamates (subject to hydrolysis) is 1. The summed E-state index contributed by atoms with van der Waals surface area (Å²) in [6.07, 6.45) is -1.09. The van der Waals surface area contributed by atoms with Crippen molar-refractivity contribution in [2.24, 2.45) is 0 Å². The molecule has 1 unspecified atom stereocenters. The Labute approximate surface area is 77.4 Å². The monoisotopic (exact) mass is 198 g/mol. The van der Waals surface area contributed by atoms with E-state index in [0.29, 0.717) is 5.69 Å². The van der Waals surface area contributed by atoms with E-state index in [4.69, 9.17) is 4.74 Å². The molecule has 1 aliphatic heterocycles. The van der Waals surface area contributed by atoms with Crippen molar-refractivity contribution in [1.82, 2.24) is 15.5 Å². The molecule has 8 nitrogen and oxygen atoms in total. The van der Waals surface area contributed by atoms with Crippen molar-refractivity contribution >= 4 is 11.9 Å². The average molecular weight is 198 g/mol. The third kappa shape index (κ3) is 1.37. The van der Waals surface area contributed by atoms with E-state index >= 15 is 0 Å². The van der Waals surface area contributed by atoms with Gasteiger partial charge in [-0.25, -0.2) is 4.79 Å². The maximum Gasteiger partial charge on any atom is 0.408 e. The molecule has 1 aromatic rings. The number of cyclic esters (lactones) is 1.